The molecule has 0 amide bonds. The lowest BCUT2D eigenvalue weighted by molar-refractivity contribution is 0.397. The van der Waals surface area contributed by atoms with Gasteiger partial charge in [-0.15, -0.1) is 0 Å². The van der Waals surface area contributed by atoms with Crippen molar-refractivity contribution in [1.29, 1.82) is 0 Å². The molecule has 102 valence electrons. The van der Waals surface area contributed by atoms with Gasteiger partial charge in [-0.2, -0.15) is 0 Å². The molecule has 0 saturated carbocycles. The molecule has 0 saturated heterocycles. The van der Waals surface area contributed by atoms with Crippen molar-refractivity contribution in [3.05, 3.63) is 23.2 Å². The molecule has 0 aromatic heterocycles. The number of sulfonamides is 1. The molecule has 2 N–H and O–H groups in total. The Labute approximate surface area is 113 Å². The second-order valence-electron chi connectivity index (χ2n) is 5.40. The van der Waals surface area contributed by atoms with Gasteiger partial charge in [0.2, 0.25) is 10.0 Å². The lowest BCUT2D eigenvalue weighted by Gasteiger charge is -2.18. The third kappa shape index (κ3) is 5.14. The minimum Gasteiger partial charge on any atom is -0.506 e. The van der Waals surface area contributed by atoms with Crippen LogP contribution in [-0.4, -0.2) is 19.3 Å². The average molecular weight is 292 g/mol. The summed E-state index contributed by atoms with van der Waals surface area (Å²) in [7, 11) is -3.39. The van der Waals surface area contributed by atoms with E-state index in [1.54, 1.807) is 0 Å². The Morgan fingerprint density at radius 3 is 2.44 bits per heavy atom. The lowest BCUT2D eigenvalue weighted by Crippen LogP contribution is -2.20. The first-order chi connectivity index (χ1) is 8.09. The van der Waals surface area contributed by atoms with Gasteiger partial charge in [0.15, 0.2) is 0 Å². The summed E-state index contributed by atoms with van der Waals surface area (Å²) in [6.45, 7) is 5.96. The lowest BCUT2D eigenvalue weighted by atomic mass is 9.94. The second kappa shape index (κ2) is 5.36. The van der Waals surface area contributed by atoms with Crippen LogP contribution in [0, 0.1) is 5.41 Å². The van der Waals surface area contributed by atoms with Gasteiger partial charge < -0.3 is 5.11 Å². The Hall–Kier alpha value is -0.940. The third-order valence-corrected chi connectivity index (χ3v) is 3.93. The topological polar surface area (TPSA) is 66.4 Å². The van der Waals surface area contributed by atoms with E-state index in [2.05, 4.69) is 4.72 Å². The molecule has 0 atom stereocenters. The molecule has 1 rings (SSSR count). The van der Waals surface area contributed by atoms with Crippen molar-refractivity contribution < 1.29 is 13.5 Å². The highest BCUT2D eigenvalue weighted by molar-refractivity contribution is 7.92. The summed E-state index contributed by atoms with van der Waals surface area (Å²) in [4.78, 5) is 0. The summed E-state index contributed by atoms with van der Waals surface area (Å²) < 4.78 is 26.1. The van der Waals surface area contributed by atoms with Crippen LogP contribution in [0.4, 0.5) is 5.69 Å². The SMILES string of the molecule is CC(C)(C)CCS(=O)(=O)Nc1ccc(O)c(Cl)c1. The maximum absolute atomic E-state index is 11.8. The zero-order valence-electron chi connectivity index (χ0n) is 10.7. The predicted molar refractivity (Wildman–Crippen MR) is 74.6 cm³/mol. The summed E-state index contributed by atoms with van der Waals surface area (Å²) in [5.41, 5.74) is 0.313. The van der Waals surface area contributed by atoms with Gasteiger partial charge in [-0.05, 0) is 30.0 Å². The quantitative estimate of drug-likeness (QED) is 0.837. The first-order valence-electron chi connectivity index (χ1n) is 5.58. The van der Waals surface area contributed by atoms with Crippen molar-refractivity contribution in [1.82, 2.24) is 0 Å². The van der Waals surface area contributed by atoms with Gasteiger partial charge in [-0.1, -0.05) is 32.4 Å². The van der Waals surface area contributed by atoms with Crippen LogP contribution in [0.1, 0.15) is 27.2 Å². The van der Waals surface area contributed by atoms with Crippen molar-refractivity contribution in [2.24, 2.45) is 5.41 Å². The van der Waals surface area contributed by atoms with Gasteiger partial charge in [-0.3, -0.25) is 4.72 Å². The van der Waals surface area contributed by atoms with E-state index in [9.17, 15) is 13.5 Å². The van der Waals surface area contributed by atoms with Crippen molar-refractivity contribution in [3.8, 4) is 5.75 Å². The van der Waals surface area contributed by atoms with Gasteiger partial charge in [0.1, 0.15) is 5.75 Å². The molecule has 18 heavy (non-hydrogen) atoms. The fourth-order valence-electron chi connectivity index (χ4n) is 1.24. The molecule has 0 spiro atoms. The van der Waals surface area contributed by atoms with Gasteiger partial charge in [0.25, 0.3) is 0 Å². The summed E-state index contributed by atoms with van der Waals surface area (Å²) in [6.07, 6.45) is 0.564. The number of aromatic hydroxyl groups is 1. The van der Waals surface area contributed by atoms with Crippen LogP contribution < -0.4 is 4.72 Å². The molecule has 0 aliphatic carbocycles. The second-order valence-corrected chi connectivity index (χ2v) is 7.65. The molecule has 0 aliphatic heterocycles. The molecule has 0 radical (unpaired) electrons. The number of halogens is 1. The number of hydrogen-bond donors (Lipinski definition) is 2. The molecule has 1 aromatic rings. The van der Waals surface area contributed by atoms with Crippen molar-refractivity contribution in [2.75, 3.05) is 10.5 Å². The monoisotopic (exact) mass is 291 g/mol. The van der Waals surface area contributed by atoms with E-state index in [0.717, 1.165) is 0 Å². The van der Waals surface area contributed by atoms with Crippen molar-refractivity contribution in [3.63, 3.8) is 0 Å². The molecule has 6 heteroatoms. The molecule has 0 heterocycles. The maximum atomic E-state index is 11.8. The van der Waals surface area contributed by atoms with E-state index in [1.807, 2.05) is 20.8 Å². The summed E-state index contributed by atoms with van der Waals surface area (Å²) in [5, 5.41) is 9.36. The predicted octanol–water partition coefficient (Wildman–Crippen LogP) is 3.22. The minimum absolute atomic E-state index is 0.0403. The van der Waals surface area contributed by atoms with E-state index in [1.165, 1.54) is 18.2 Å². The van der Waals surface area contributed by atoms with Crippen LogP contribution >= 0.6 is 11.6 Å². The number of rotatable bonds is 4. The van der Waals surface area contributed by atoms with E-state index in [4.69, 9.17) is 11.6 Å². The van der Waals surface area contributed by atoms with E-state index in [-0.39, 0.29) is 21.9 Å². The van der Waals surface area contributed by atoms with E-state index < -0.39 is 10.0 Å². The number of anilines is 1. The average Bonchev–Trinajstić information content (AvgIpc) is 2.20. The number of nitrogens with one attached hydrogen (secondary N) is 1. The molecule has 0 unspecified atom stereocenters. The number of phenols is 1. The molecule has 4 nitrogen and oxygen atoms in total. The van der Waals surface area contributed by atoms with Crippen LogP contribution in [0.5, 0.6) is 5.75 Å². The highest BCUT2D eigenvalue weighted by Gasteiger charge is 2.17. The van der Waals surface area contributed by atoms with Crippen LogP contribution in [0.25, 0.3) is 0 Å². The minimum atomic E-state index is -3.39. The van der Waals surface area contributed by atoms with Gasteiger partial charge in [0.05, 0.1) is 16.5 Å². The number of phenolic OH excluding ortho intramolecular Hbond substituents is 1. The fourth-order valence-corrected chi connectivity index (χ4v) is 2.89. The van der Waals surface area contributed by atoms with Crippen LogP contribution in [-0.2, 0) is 10.0 Å². The molecule has 0 aliphatic rings. The summed E-state index contributed by atoms with van der Waals surface area (Å²) in [5.74, 6) is -0.0241. The fraction of sp³-hybridized carbons (Fsp3) is 0.500. The van der Waals surface area contributed by atoms with Gasteiger partial charge in [-0.25, -0.2) is 8.42 Å². The molecule has 0 fully saturated rings. The largest absolute Gasteiger partial charge is 0.506 e. The van der Waals surface area contributed by atoms with Gasteiger partial charge in [0, 0.05) is 0 Å². The zero-order valence-corrected chi connectivity index (χ0v) is 12.3. The highest BCUT2D eigenvalue weighted by Crippen LogP contribution is 2.27. The molecular formula is C12H18ClNO3S. The normalized spacial score (nSPS) is 12.4. The Morgan fingerprint density at radius 1 is 1.33 bits per heavy atom. The van der Waals surface area contributed by atoms with Gasteiger partial charge >= 0.3 is 0 Å². The first kappa shape index (κ1) is 15.1. The number of hydrogen-bond acceptors (Lipinski definition) is 3. The zero-order chi connectivity index (χ0) is 14.0. The maximum Gasteiger partial charge on any atom is 0.232 e. The van der Waals surface area contributed by atoms with E-state index >= 15 is 0 Å². The summed E-state index contributed by atoms with van der Waals surface area (Å²) >= 11 is 5.71. The standard InChI is InChI=1S/C12H18ClNO3S/c1-12(2,3)6-7-18(16,17)14-9-4-5-11(15)10(13)8-9/h4-5,8,14-15H,6-7H2,1-3H3. The third-order valence-electron chi connectivity index (χ3n) is 2.34. The van der Waals surface area contributed by atoms with Crippen LogP contribution in [0.3, 0.4) is 0 Å². The number of benzene rings is 1. The first-order valence-corrected chi connectivity index (χ1v) is 7.61. The Morgan fingerprint density at radius 2 is 1.94 bits per heavy atom. The highest BCUT2D eigenvalue weighted by atomic mass is 35.5. The van der Waals surface area contributed by atoms with Crippen molar-refractivity contribution in [2.45, 2.75) is 27.2 Å². The molecular weight excluding hydrogens is 274 g/mol. The Balaban J connectivity index is 2.74. The Bertz CT molecular complexity index is 521. The molecule has 1 aromatic carbocycles. The summed E-state index contributed by atoms with van der Waals surface area (Å²) in [6, 6.07) is 4.20. The Kier molecular flexibility index (Phi) is 4.50. The van der Waals surface area contributed by atoms with E-state index in [0.29, 0.717) is 12.1 Å². The van der Waals surface area contributed by atoms with Crippen LogP contribution in [0.2, 0.25) is 5.02 Å². The van der Waals surface area contributed by atoms with Crippen molar-refractivity contribution >= 4 is 27.3 Å². The molecule has 0 bridgehead atoms. The van der Waals surface area contributed by atoms with Crippen LogP contribution in [0.15, 0.2) is 18.2 Å². The smallest absolute Gasteiger partial charge is 0.232 e.